The molecule has 0 aliphatic carbocycles. The van der Waals surface area contributed by atoms with Crippen molar-refractivity contribution in [1.82, 2.24) is 9.88 Å². The molecule has 5 N–H and O–H groups in total. The number of rotatable bonds is 2. The molecule has 0 spiro atoms. The van der Waals surface area contributed by atoms with Crippen LogP contribution in [0.3, 0.4) is 0 Å². The number of aliphatic carboxylic acids is 1. The number of nitrogens with zero attached hydrogens (tertiary/aromatic N) is 2. The molecule has 3 rings (SSSR count). The van der Waals surface area contributed by atoms with Crippen molar-refractivity contribution in [2.45, 2.75) is 25.2 Å². The van der Waals surface area contributed by atoms with Gasteiger partial charge in [0, 0.05) is 24.7 Å². The third-order valence-corrected chi connectivity index (χ3v) is 3.82. The number of anilines is 1. The van der Waals surface area contributed by atoms with Crippen LogP contribution in [0.5, 0.6) is 0 Å². The number of hydrogen-bond donors (Lipinski definition) is 3. The molecule has 1 aromatic carbocycles. The Bertz CT molecular complexity index is 826. The number of aromatic nitrogens is 1. The summed E-state index contributed by atoms with van der Waals surface area (Å²) in [7, 11) is 0. The van der Waals surface area contributed by atoms with E-state index in [1.165, 1.54) is 0 Å². The Hall–Kier alpha value is -2.88. The number of nitrogens with two attached hydrogens (primary N) is 2. The van der Waals surface area contributed by atoms with Crippen LogP contribution in [0.15, 0.2) is 30.5 Å². The first kappa shape index (κ1) is 19.4. The third kappa shape index (κ3) is 4.60. The quantitative estimate of drug-likeness (QED) is 0.736. The lowest BCUT2D eigenvalue weighted by molar-refractivity contribution is -0.192. The van der Waals surface area contributed by atoms with Gasteiger partial charge in [-0.15, -0.1) is 0 Å². The van der Waals surface area contributed by atoms with Crippen LogP contribution in [0.2, 0.25) is 0 Å². The van der Waals surface area contributed by atoms with E-state index in [0.717, 1.165) is 29.3 Å². The van der Waals surface area contributed by atoms with Crippen LogP contribution in [0, 0.1) is 0 Å². The zero-order chi connectivity index (χ0) is 19.5. The summed E-state index contributed by atoms with van der Waals surface area (Å²) in [5.41, 5.74) is 12.6. The van der Waals surface area contributed by atoms with E-state index in [0.29, 0.717) is 12.4 Å². The van der Waals surface area contributed by atoms with E-state index in [1.807, 2.05) is 24.3 Å². The second-order valence-corrected chi connectivity index (χ2v) is 5.71. The highest BCUT2D eigenvalue weighted by Gasteiger charge is 2.38. The van der Waals surface area contributed by atoms with Crippen LogP contribution < -0.4 is 11.5 Å². The predicted molar refractivity (Wildman–Crippen MR) is 87.9 cm³/mol. The summed E-state index contributed by atoms with van der Waals surface area (Å²) < 4.78 is 31.7. The average molecular weight is 370 g/mol. The molecule has 0 unspecified atom stereocenters. The van der Waals surface area contributed by atoms with Crippen molar-refractivity contribution in [3.8, 4) is 0 Å². The molecule has 1 aliphatic heterocycles. The molecule has 0 radical (unpaired) electrons. The van der Waals surface area contributed by atoms with Crippen molar-refractivity contribution < 1.29 is 27.9 Å². The average Bonchev–Trinajstić information content (AvgIpc) is 2.87. The maximum atomic E-state index is 11.8. The molecule has 2 heterocycles. The molecule has 1 saturated heterocycles. The number of carbonyl (C=O) groups is 2. The van der Waals surface area contributed by atoms with Crippen LogP contribution in [0.4, 0.5) is 19.0 Å². The van der Waals surface area contributed by atoms with Gasteiger partial charge in [0.2, 0.25) is 5.91 Å². The first-order valence-electron chi connectivity index (χ1n) is 7.57. The smallest absolute Gasteiger partial charge is 0.475 e. The largest absolute Gasteiger partial charge is 0.490 e. The van der Waals surface area contributed by atoms with E-state index in [4.69, 9.17) is 21.4 Å². The molecule has 0 saturated carbocycles. The highest BCUT2D eigenvalue weighted by Crippen LogP contribution is 2.22. The van der Waals surface area contributed by atoms with Crippen molar-refractivity contribution in [3.05, 3.63) is 36.0 Å². The molecule has 1 amide bonds. The Kier molecular flexibility index (Phi) is 5.66. The molecule has 1 aromatic heterocycles. The highest BCUT2D eigenvalue weighted by atomic mass is 19.4. The molecule has 1 atom stereocenters. The summed E-state index contributed by atoms with van der Waals surface area (Å²) in [6, 6.07) is 7.59. The van der Waals surface area contributed by atoms with E-state index in [1.54, 1.807) is 11.1 Å². The number of likely N-dealkylation sites (tertiary alicyclic amines) is 1. The summed E-state index contributed by atoms with van der Waals surface area (Å²) in [6.45, 7) is 1.30. The molecule has 1 aliphatic rings. The molecule has 0 bridgehead atoms. The zero-order valence-electron chi connectivity index (χ0n) is 13.5. The summed E-state index contributed by atoms with van der Waals surface area (Å²) >= 11 is 0. The monoisotopic (exact) mass is 370 g/mol. The number of hydrogen-bond acceptors (Lipinski definition) is 5. The van der Waals surface area contributed by atoms with Gasteiger partial charge in [0.1, 0.15) is 5.82 Å². The van der Waals surface area contributed by atoms with Gasteiger partial charge in [-0.1, -0.05) is 12.1 Å². The number of halogens is 3. The number of nitrogen functional groups attached to an aromatic ring is 1. The molecule has 2 aromatic rings. The van der Waals surface area contributed by atoms with E-state index >= 15 is 0 Å². The topological polar surface area (TPSA) is 123 Å². The lowest BCUT2D eigenvalue weighted by atomic mass is 10.1. The summed E-state index contributed by atoms with van der Waals surface area (Å²) in [5.74, 6) is -2.21. The molecule has 1 fully saturated rings. The molecule has 26 heavy (non-hydrogen) atoms. The Balaban J connectivity index is 0.000000298. The number of fused-ring (bicyclic) bond motifs is 1. The van der Waals surface area contributed by atoms with Crippen LogP contribution in [0.25, 0.3) is 10.8 Å². The minimum atomic E-state index is -5.08. The van der Waals surface area contributed by atoms with Crippen molar-refractivity contribution >= 4 is 28.5 Å². The van der Waals surface area contributed by atoms with Gasteiger partial charge in [-0.3, -0.25) is 4.79 Å². The minimum Gasteiger partial charge on any atom is -0.475 e. The number of carboxylic acids is 1. The van der Waals surface area contributed by atoms with Crippen LogP contribution >= 0.6 is 0 Å². The number of carboxylic acid groups (broad SMARTS) is 1. The van der Waals surface area contributed by atoms with E-state index < -0.39 is 12.1 Å². The minimum absolute atomic E-state index is 0.0271. The normalized spacial score (nSPS) is 17.2. The van der Waals surface area contributed by atoms with Gasteiger partial charge in [-0.05, 0) is 29.5 Å². The van der Waals surface area contributed by atoms with Gasteiger partial charge >= 0.3 is 12.1 Å². The number of carbonyl (C=O) groups excluding carboxylic acids is 1. The lowest BCUT2D eigenvalue weighted by Crippen LogP contribution is -2.33. The third-order valence-electron chi connectivity index (χ3n) is 3.82. The summed E-state index contributed by atoms with van der Waals surface area (Å²) in [5, 5.41) is 9.11. The van der Waals surface area contributed by atoms with Gasteiger partial charge in [0.25, 0.3) is 0 Å². The maximum Gasteiger partial charge on any atom is 0.490 e. The van der Waals surface area contributed by atoms with E-state index in [2.05, 4.69) is 4.98 Å². The Morgan fingerprint density at radius 1 is 1.35 bits per heavy atom. The fourth-order valence-electron chi connectivity index (χ4n) is 2.48. The Morgan fingerprint density at radius 2 is 2.00 bits per heavy atom. The fourth-order valence-corrected chi connectivity index (χ4v) is 2.48. The van der Waals surface area contributed by atoms with E-state index in [-0.39, 0.29) is 11.9 Å². The molecular weight excluding hydrogens is 353 g/mol. The highest BCUT2D eigenvalue weighted by molar-refractivity contribution is 5.91. The van der Waals surface area contributed by atoms with Crippen molar-refractivity contribution in [1.29, 1.82) is 0 Å². The SMILES string of the molecule is Nc1nccc2ccc(CN3CC[C@H](N)C3=O)cc12.O=C(O)C(F)(F)F. The summed E-state index contributed by atoms with van der Waals surface area (Å²) in [6.07, 6.45) is -2.66. The summed E-state index contributed by atoms with van der Waals surface area (Å²) in [4.78, 5) is 26.6. The van der Waals surface area contributed by atoms with Crippen molar-refractivity contribution in [2.75, 3.05) is 12.3 Å². The Morgan fingerprint density at radius 3 is 2.54 bits per heavy atom. The second kappa shape index (κ2) is 7.56. The van der Waals surface area contributed by atoms with Gasteiger partial charge in [-0.2, -0.15) is 13.2 Å². The molecular formula is C16H17F3N4O3. The van der Waals surface area contributed by atoms with Crippen molar-refractivity contribution in [3.63, 3.8) is 0 Å². The standard InChI is InChI=1S/C14H16N4O.C2HF3O2/c15-12-4-6-18(14(12)19)8-9-1-2-10-3-5-17-13(16)11(10)7-9;3-2(4,5)1(6)7/h1-3,5,7,12H,4,6,8,15H2,(H2,16,17);(H,6,7)/t12-;/m0./s1. The van der Waals surface area contributed by atoms with Gasteiger partial charge in [0.15, 0.2) is 0 Å². The number of amides is 1. The Labute approximate surface area is 146 Å². The van der Waals surface area contributed by atoms with Gasteiger partial charge in [-0.25, -0.2) is 9.78 Å². The molecule has 7 nitrogen and oxygen atoms in total. The first-order chi connectivity index (χ1) is 12.1. The number of benzene rings is 1. The van der Waals surface area contributed by atoms with Gasteiger partial charge < -0.3 is 21.5 Å². The number of pyridine rings is 1. The fraction of sp³-hybridized carbons (Fsp3) is 0.312. The van der Waals surface area contributed by atoms with Crippen molar-refractivity contribution in [2.24, 2.45) is 5.73 Å². The molecule has 10 heteroatoms. The first-order valence-corrected chi connectivity index (χ1v) is 7.57. The molecule has 140 valence electrons. The predicted octanol–water partition coefficient (Wildman–Crippen LogP) is 1.51. The van der Waals surface area contributed by atoms with Gasteiger partial charge in [0.05, 0.1) is 6.04 Å². The van der Waals surface area contributed by atoms with Crippen LogP contribution in [-0.2, 0) is 16.1 Å². The lowest BCUT2D eigenvalue weighted by Gasteiger charge is -2.16. The second-order valence-electron chi connectivity index (χ2n) is 5.71. The van der Waals surface area contributed by atoms with E-state index in [9.17, 15) is 18.0 Å². The van der Waals surface area contributed by atoms with Crippen LogP contribution in [0.1, 0.15) is 12.0 Å². The zero-order valence-corrected chi connectivity index (χ0v) is 13.5. The number of alkyl halides is 3. The van der Waals surface area contributed by atoms with Crippen LogP contribution in [-0.4, -0.2) is 45.6 Å². The maximum absolute atomic E-state index is 11.8.